The molecule has 2 N–H and O–H groups in total. The fourth-order valence-corrected chi connectivity index (χ4v) is 1.74. The lowest BCUT2D eigenvalue weighted by atomic mass is 10.1. The van der Waals surface area contributed by atoms with Crippen LogP contribution in [-0.4, -0.2) is 24.4 Å². The Morgan fingerprint density at radius 1 is 1.11 bits per heavy atom. The Morgan fingerprint density at radius 2 is 1.67 bits per heavy atom. The Balaban J connectivity index is 2.58. The van der Waals surface area contributed by atoms with Crippen LogP contribution in [0.1, 0.15) is 35.3 Å². The largest absolute Gasteiger partial charge is 0.352 e. The van der Waals surface area contributed by atoms with Crippen molar-refractivity contribution in [2.24, 2.45) is 0 Å². The van der Waals surface area contributed by atoms with Crippen molar-refractivity contribution in [3.8, 4) is 0 Å². The van der Waals surface area contributed by atoms with E-state index >= 15 is 0 Å². The lowest BCUT2D eigenvalue weighted by Gasteiger charge is -2.10. The number of benzene rings is 1. The van der Waals surface area contributed by atoms with Crippen LogP contribution in [0.4, 0.5) is 0 Å². The number of nitrogens with one attached hydrogen (secondary N) is 2. The van der Waals surface area contributed by atoms with Gasteiger partial charge < -0.3 is 10.6 Å². The molecule has 1 rings (SSSR count). The van der Waals surface area contributed by atoms with E-state index in [-0.39, 0.29) is 24.4 Å². The standard InChI is InChI=1S/C14H20N2O2/c1-9(2)16-13(17)8-15-14(18)12-6-10(3)5-11(4)7-12/h5-7,9H,8H2,1-4H3,(H,15,18)(H,16,17). The van der Waals surface area contributed by atoms with Crippen LogP contribution in [-0.2, 0) is 4.79 Å². The Kier molecular flexibility index (Phi) is 4.89. The third-order valence-electron chi connectivity index (χ3n) is 2.34. The van der Waals surface area contributed by atoms with Crippen molar-refractivity contribution in [1.82, 2.24) is 10.6 Å². The van der Waals surface area contributed by atoms with E-state index in [0.717, 1.165) is 11.1 Å². The summed E-state index contributed by atoms with van der Waals surface area (Å²) in [7, 11) is 0. The predicted molar refractivity (Wildman–Crippen MR) is 71.5 cm³/mol. The third-order valence-corrected chi connectivity index (χ3v) is 2.34. The molecule has 0 aliphatic heterocycles. The van der Waals surface area contributed by atoms with Gasteiger partial charge in [-0.15, -0.1) is 0 Å². The SMILES string of the molecule is Cc1cc(C)cc(C(=O)NCC(=O)NC(C)C)c1. The number of hydrogen-bond acceptors (Lipinski definition) is 2. The smallest absolute Gasteiger partial charge is 0.251 e. The molecule has 0 aliphatic carbocycles. The highest BCUT2D eigenvalue weighted by Gasteiger charge is 2.09. The summed E-state index contributed by atoms with van der Waals surface area (Å²) in [5.74, 6) is -0.400. The van der Waals surface area contributed by atoms with E-state index in [4.69, 9.17) is 0 Å². The first-order chi connectivity index (χ1) is 8.38. The molecule has 0 saturated heterocycles. The zero-order valence-corrected chi connectivity index (χ0v) is 11.3. The van der Waals surface area contributed by atoms with E-state index in [9.17, 15) is 9.59 Å². The van der Waals surface area contributed by atoms with Crippen LogP contribution in [0, 0.1) is 13.8 Å². The maximum absolute atomic E-state index is 11.8. The van der Waals surface area contributed by atoms with Gasteiger partial charge >= 0.3 is 0 Å². The average Bonchev–Trinajstić information content (AvgIpc) is 2.23. The molecule has 2 amide bonds. The molecule has 0 bridgehead atoms. The van der Waals surface area contributed by atoms with Crippen LogP contribution in [0.25, 0.3) is 0 Å². The molecule has 0 fully saturated rings. The number of hydrogen-bond donors (Lipinski definition) is 2. The molecule has 1 aromatic rings. The second-order valence-corrected chi connectivity index (χ2v) is 4.78. The molecule has 0 unspecified atom stereocenters. The molecule has 0 atom stereocenters. The summed E-state index contributed by atoms with van der Waals surface area (Å²) >= 11 is 0. The van der Waals surface area contributed by atoms with E-state index in [1.54, 1.807) is 0 Å². The van der Waals surface area contributed by atoms with Crippen molar-refractivity contribution < 1.29 is 9.59 Å². The molecule has 0 aromatic heterocycles. The minimum atomic E-state index is -0.222. The van der Waals surface area contributed by atoms with Gasteiger partial charge in [-0.1, -0.05) is 17.2 Å². The zero-order chi connectivity index (χ0) is 13.7. The predicted octanol–water partition coefficient (Wildman–Crippen LogP) is 1.56. The van der Waals surface area contributed by atoms with Gasteiger partial charge in [0.05, 0.1) is 6.54 Å². The lowest BCUT2D eigenvalue weighted by Crippen LogP contribution is -2.39. The van der Waals surface area contributed by atoms with Crippen LogP contribution in [0.5, 0.6) is 0 Å². The summed E-state index contributed by atoms with van der Waals surface area (Å²) in [5, 5.41) is 5.33. The topological polar surface area (TPSA) is 58.2 Å². The Bertz CT molecular complexity index is 433. The van der Waals surface area contributed by atoms with Gasteiger partial charge in [0, 0.05) is 11.6 Å². The maximum Gasteiger partial charge on any atom is 0.251 e. The quantitative estimate of drug-likeness (QED) is 0.849. The molecule has 0 radical (unpaired) electrons. The van der Waals surface area contributed by atoms with E-state index in [1.165, 1.54) is 0 Å². The number of aryl methyl sites for hydroxylation is 2. The minimum absolute atomic E-state index is 0.00397. The highest BCUT2D eigenvalue weighted by Crippen LogP contribution is 2.08. The molecular weight excluding hydrogens is 228 g/mol. The number of amides is 2. The normalized spacial score (nSPS) is 10.3. The molecule has 4 nitrogen and oxygen atoms in total. The summed E-state index contributed by atoms with van der Waals surface area (Å²) in [4.78, 5) is 23.2. The first kappa shape index (κ1) is 14.2. The lowest BCUT2D eigenvalue weighted by molar-refractivity contribution is -0.120. The van der Waals surface area contributed by atoms with Gasteiger partial charge in [-0.25, -0.2) is 0 Å². The van der Waals surface area contributed by atoms with Gasteiger partial charge in [0.1, 0.15) is 0 Å². The van der Waals surface area contributed by atoms with Gasteiger partial charge in [-0.2, -0.15) is 0 Å². The van der Waals surface area contributed by atoms with Gasteiger partial charge in [0.15, 0.2) is 0 Å². The first-order valence-electron chi connectivity index (χ1n) is 6.04. The third kappa shape index (κ3) is 4.57. The Morgan fingerprint density at radius 3 is 2.17 bits per heavy atom. The first-order valence-corrected chi connectivity index (χ1v) is 6.04. The van der Waals surface area contributed by atoms with Crippen LogP contribution < -0.4 is 10.6 Å². The summed E-state index contributed by atoms with van der Waals surface area (Å²) in [6, 6.07) is 5.70. The summed E-state index contributed by atoms with van der Waals surface area (Å²) < 4.78 is 0. The van der Waals surface area contributed by atoms with E-state index in [1.807, 2.05) is 45.9 Å². The second-order valence-electron chi connectivity index (χ2n) is 4.78. The van der Waals surface area contributed by atoms with E-state index in [2.05, 4.69) is 10.6 Å². The second kappa shape index (κ2) is 6.19. The van der Waals surface area contributed by atoms with Crippen molar-refractivity contribution in [3.05, 3.63) is 34.9 Å². The van der Waals surface area contributed by atoms with Crippen molar-refractivity contribution in [1.29, 1.82) is 0 Å². The average molecular weight is 248 g/mol. The molecule has 0 spiro atoms. The number of rotatable bonds is 4. The molecule has 18 heavy (non-hydrogen) atoms. The van der Waals surface area contributed by atoms with Crippen LogP contribution in [0.15, 0.2) is 18.2 Å². The number of carbonyl (C=O) groups excluding carboxylic acids is 2. The van der Waals surface area contributed by atoms with Gasteiger partial charge in [-0.05, 0) is 39.8 Å². The molecule has 98 valence electrons. The summed E-state index contributed by atoms with van der Waals surface area (Å²) in [6.45, 7) is 7.64. The van der Waals surface area contributed by atoms with E-state index in [0.29, 0.717) is 5.56 Å². The van der Waals surface area contributed by atoms with E-state index < -0.39 is 0 Å². The summed E-state index contributed by atoms with van der Waals surface area (Å²) in [5.41, 5.74) is 2.66. The Labute approximate surface area is 108 Å². The molecule has 0 saturated carbocycles. The van der Waals surface area contributed by atoms with Gasteiger partial charge in [0.2, 0.25) is 5.91 Å². The van der Waals surface area contributed by atoms with Crippen LogP contribution in [0.3, 0.4) is 0 Å². The van der Waals surface area contributed by atoms with Crippen molar-refractivity contribution >= 4 is 11.8 Å². The van der Waals surface area contributed by atoms with Gasteiger partial charge in [-0.3, -0.25) is 9.59 Å². The van der Waals surface area contributed by atoms with Gasteiger partial charge in [0.25, 0.3) is 5.91 Å². The molecular formula is C14H20N2O2. The fraction of sp³-hybridized carbons (Fsp3) is 0.429. The Hall–Kier alpha value is -1.84. The number of carbonyl (C=O) groups is 2. The highest BCUT2D eigenvalue weighted by molar-refractivity contribution is 5.96. The van der Waals surface area contributed by atoms with Crippen molar-refractivity contribution in [2.45, 2.75) is 33.7 Å². The van der Waals surface area contributed by atoms with Crippen molar-refractivity contribution in [2.75, 3.05) is 6.54 Å². The highest BCUT2D eigenvalue weighted by atomic mass is 16.2. The van der Waals surface area contributed by atoms with Crippen LogP contribution >= 0.6 is 0 Å². The maximum atomic E-state index is 11.8. The molecule has 4 heteroatoms. The zero-order valence-electron chi connectivity index (χ0n) is 11.3. The van der Waals surface area contributed by atoms with Crippen LogP contribution in [0.2, 0.25) is 0 Å². The van der Waals surface area contributed by atoms with Crippen molar-refractivity contribution in [3.63, 3.8) is 0 Å². The molecule has 0 heterocycles. The minimum Gasteiger partial charge on any atom is -0.352 e. The summed E-state index contributed by atoms with van der Waals surface area (Å²) in [6.07, 6.45) is 0. The molecule has 1 aromatic carbocycles. The molecule has 0 aliphatic rings. The monoisotopic (exact) mass is 248 g/mol. The fourth-order valence-electron chi connectivity index (χ4n) is 1.74.